The van der Waals surface area contributed by atoms with E-state index in [1.54, 1.807) is 0 Å². The Bertz CT molecular complexity index is 1250. The zero-order valence-corrected chi connectivity index (χ0v) is 21.2. The van der Waals surface area contributed by atoms with Crippen molar-refractivity contribution in [3.05, 3.63) is 143 Å². The first kappa shape index (κ1) is 25.6. The molecule has 0 radical (unpaired) electrons. The van der Waals surface area contributed by atoms with Gasteiger partial charge in [-0.2, -0.15) is 0 Å². The summed E-state index contributed by atoms with van der Waals surface area (Å²) in [7, 11) is 0. The summed E-state index contributed by atoms with van der Waals surface area (Å²) >= 11 is 0. The summed E-state index contributed by atoms with van der Waals surface area (Å²) in [6, 6.07) is 30.9. The highest BCUT2D eigenvalue weighted by Crippen LogP contribution is 2.25. The maximum absolute atomic E-state index is 14.4. The summed E-state index contributed by atoms with van der Waals surface area (Å²) in [5, 5.41) is 0. The van der Waals surface area contributed by atoms with Crippen LogP contribution < -0.4 is 0 Å². The van der Waals surface area contributed by atoms with E-state index in [0.717, 1.165) is 18.4 Å². The third kappa shape index (κ3) is 6.79. The molecule has 0 nitrogen and oxygen atoms in total. The predicted molar refractivity (Wildman–Crippen MR) is 147 cm³/mol. The van der Waals surface area contributed by atoms with Gasteiger partial charge in [0.1, 0.15) is 11.6 Å². The van der Waals surface area contributed by atoms with Crippen molar-refractivity contribution in [2.24, 2.45) is 0 Å². The SMILES string of the molecule is C/C=C/CCc1c(F)cc(CCc2ccc(-c3ccc(CC(C)c4ccccc4)cc3)cc2)cc1F. The van der Waals surface area contributed by atoms with Gasteiger partial charge >= 0.3 is 0 Å². The average Bonchev–Trinajstić information content (AvgIpc) is 2.90. The molecule has 0 saturated carbocycles. The topological polar surface area (TPSA) is 0 Å². The fourth-order valence-electron chi connectivity index (χ4n) is 4.67. The molecule has 2 heteroatoms. The van der Waals surface area contributed by atoms with Crippen molar-refractivity contribution in [2.75, 3.05) is 0 Å². The molecule has 0 N–H and O–H groups in total. The van der Waals surface area contributed by atoms with Gasteiger partial charge in [0, 0.05) is 5.56 Å². The van der Waals surface area contributed by atoms with Crippen molar-refractivity contribution < 1.29 is 8.78 Å². The van der Waals surface area contributed by atoms with E-state index in [0.29, 0.717) is 30.7 Å². The smallest absolute Gasteiger partial charge is 0.129 e. The molecule has 0 amide bonds. The van der Waals surface area contributed by atoms with Crippen LogP contribution in [0, 0.1) is 11.6 Å². The number of halogens is 2. The van der Waals surface area contributed by atoms with Crippen LogP contribution >= 0.6 is 0 Å². The minimum Gasteiger partial charge on any atom is -0.207 e. The van der Waals surface area contributed by atoms with Crippen LogP contribution in [0.4, 0.5) is 8.78 Å². The van der Waals surface area contributed by atoms with Crippen LogP contribution in [0.5, 0.6) is 0 Å². The first-order valence-corrected chi connectivity index (χ1v) is 12.8. The molecule has 0 aromatic heterocycles. The Hall–Kier alpha value is -3.52. The third-order valence-electron chi connectivity index (χ3n) is 6.85. The van der Waals surface area contributed by atoms with E-state index >= 15 is 0 Å². The van der Waals surface area contributed by atoms with Crippen LogP contribution in [0.1, 0.15) is 54.0 Å². The Labute approximate surface area is 214 Å². The Morgan fingerprint density at radius 3 is 1.81 bits per heavy atom. The first-order chi connectivity index (χ1) is 17.5. The maximum Gasteiger partial charge on any atom is 0.129 e. The van der Waals surface area contributed by atoms with E-state index in [2.05, 4.69) is 85.8 Å². The zero-order valence-electron chi connectivity index (χ0n) is 21.2. The van der Waals surface area contributed by atoms with E-state index in [9.17, 15) is 8.78 Å². The minimum atomic E-state index is -0.438. The molecule has 0 aliphatic carbocycles. The molecule has 1 unspecified atom stereocenters. The molecular weight excluding hydrogens is 446 g/mol. The van der Waals surface area contributed by atoms with Gasteiger partial charge < -0.3 is 0 Å². The molecule has 1 atom stereocenters. The monoisotopic (exact) mass is 480 g/mol. The van der Waals surface area contributed by atoms with Gasteiger partial charge in [0.15, 0.2) is 0 Å². The lowest BCUT2D eigenvalue weighted by atomic mass is 9.92. The lowest BCUT2D eigenvalue weighted by Crippen LogP contribution is -2.00. The van der Waals surface area contributed by atoms with E-state index < -0.39 is 11.6 Å². The summed E-state index contributed by atoms with van der Waals surface area (Å²) < 4.78 is 28.9. The number of benzene rings is 4. The number of rotatable bonds is 10. The number of allylic oxidation sites excluding steroid dienone is 2. The van der Waals surface area contributed by atoms with Crippen LogP contribution in [-0.4, -0.2) is 0 Å². The van der Waals surface area contributed by atoms with Crippen molar-refractivity contribution >= 4 is 0 Å². The number of hydrogen-bond acceptors (Lipinski definition) is 0. The molecule has 0 fully saturated rings. The first-order valence-electron chi connectivity index (χ1n) is 12.8. The van der Waals surface area contributed by atoms with Crippen molar-refractivity contribution in [1.29, 1.82) is 0 Å². The Morgan fingerprint density at radius 2 is 1.22 bits per heavy atom. The number of aryl methyl sites for hydroxylation is 2. The second-order valence-electron chi connectivity index (χ2n) is 9.56. The molecule has 184 valence electrons. The molecule has 0 bridgehead atoms. The zero-order chi connectivity index (χ0) is 25.3. The van der Waals surface area contributed by atoms with Gasteiger partial charge in [-0.25, -0.2) is 8.78 Å². The summed E-state index contributed by atoms with van der Waals surface area (Å²) in [5.41, 5.74) is 7.09. The van der Waals surface area contributed by atoms with Crippen molar-refractivity contribution in [2.45, 2.75) is 51.9 Å². The number of hydrogen-bond donors (Lipinski definition) is 0. The molecule has 4 aromatic rings. The van der Waals surface area contributed by atoms with Crippen molar-refractivity contribution in [3.63, 3.8) is 0 Å². The minimum absolute atomic E-state index is 0.182. The normalized spacial score (nSPS) is 12.2. The van der Waals surface area contributed by atoms with Crippen LogP contribution in [0.2, 0.25) is 0 Å². The summed E-state index contributed by atoms with van der Waals surface area (Å²) in [6.07, 6.45) is 7.23. The van der Waals surface area contributed by atoms with Crippen LogP contribution in [0.25, 0.3) is 11.1 Å². The van der Waals surface area contributed by atoms with E-state index in [-0.39, 0.29) is 5.56 Å². The fraction of sp³-hybridized carbons (Fsp3) is 0.235. The second kappa shape index (κ2) is 12.4. The highest BCUT2D eigenvalue weighted by Gasteiger charge is 2.11. The van der Waals surface area contributed by atoms with Gasteiger partial charge in [-0.1, -0.05) is 97.9 Å². The highest BCUT2D eigenvalue weighted by molar-refractivity contribution is 5.64. The largest absolute Gasteiger partial charge is 0.207 e. The lowest BCUT2D eigenvalue weighted by molar-refractivity contribution is 0.552. The quantitative estimate of drug-likeness (QED) is 0.198. The average molecular weight is 481 g/mol. The van der Waals surface area contributed by atoms with E-state index in [1.807, 2.05) is 19.1 Å². The van der Waals surface area contributed by atoms with Gasteiger partial charge in [0.05, 0.1) is 0 Å². The van der Waals surface area contributed by atoms with Gasteiger partial charge in [-0.05, 0) is 90.5 Å². The maximum atomic E-state index is 14.4. The summed E-state index contributed by atoms with van der Waals surface area (Å²) in [4.78, 5) is 0. The molecule has 4 aromatic carbocycles. The van der Waals surface area contributed by atoms with Crippen LogP contribution in [-0.2, 0) is 25.7 Å². The van der Waals surface area contributed by atoms with E-state index in [1.165, 1.54) is 34.4 Å². The predicted octanol–water partition coefficient (Wildman–Crippen LogP) is 9.27. The van der Waals surface area contributed by atoms with Crippen molar-refractivity contribution in [1.82, 2.24) is 0 Å². The standard InChI is InChI=1S/C34H34F2/c1-3-4-6-11-32-33(35)23-28(24-34(32)36)13-12-26-14-18-30(19-15-26)31-20-16-27(17-21-31)22-25(2)29-9-7-5-8-10-29/h3-5,7-10,14-21,23-25H,6,11-13,22H2,1-2H3/b4-3+. The fourth-order valence-corrected chi connectivity index (χ4v) is 4.67. The summed E-state index contributed by atoms with van der Waals surface area (Å²) in [5.74, 6) is -0.398. The molecule has 0 saturated heterocycles. The molecule has 0 aliphatic rings. The van der Waals surface area contributed by atoms with Crippen molar-refractivity contribution in [3.8, 4) is 11.1 Å². The van der Waals surface area contributed by atoms with Crippen LogP contribution in [0.3, 0.4) is 0 Å². The Kier molecular flexibility index (Phi) is 8.84. The molecule has 36 heavy (non-hydrogen) atoms. The molecule has 0 spiro atoms. The lowest BCUT2D eigenvalue weighted by Gasteiger charge is -2.12. The van der Waals surface area contributed by atoms with E-state index in [4.69, 9.17) is 0 Å². The van der Waals surface area contributed by atoms with Gasteiger partial charge in [-0.15, -0.1) is 0 Å². The molecule has 0 aliphatic heterocycles. The molecular formula is C34H34F2. The van der Waals surface area contributed by atoms with Gasteiger partial charge in [0.25, 0.3) is 0 Å². The van der Waals surface area contributed by atoms with Crippen LogP contribution in [0.15, 0.2) is 103 Å². The second-order valence-corrected chi connectivity index (χ2v) is 9.56. The third-order valence-corrected chi connectivity index (χ3v) is 6.85. The molecule has 0 heterocycles. The molecule has 4 rings (SSSR count). The highest BCUT2D eigenvalue weighted by atomic mass is 19.1. The Morgan fingerprint density at radius 1 is 0.667 bits per heavy atom. The Balaban J connectivity index is 1.34. The van der Waals surface area contributed by atoms with Gasteiger partial charge in [-0.3, -0.25) is 0 Å². The summed E-state index contributed by atoms with van der Waals surface area (Å²) in [6.45, 7) is 4.18. The van der Waals surface area contributed by atoms with Gasteiger partial charge in [0.2, 0.25) is 0 Å².